The van der Waals surface area contributed by atoms with Crippen LogP contribution in [0.3, 0.4) is 0 Å². The van der Waals surface area contributed by atoms with E-state index in [4.69, 9.17) is 0 Å². The van der Waals surface area contributed by atoms with E-state index >= 15 is 0 Å². The van der Waals surface area contributed by atoms with Crippen molar-refractivity contribution in [3.05, 3.63) is 77.0 Å². The van der Waals surface area contributed by atoms with Crippen LogP contribution in [-0.4, -0.2) is 10.1 Å². The van der Waals surface area contributed by atoms with E-state index in [-0.39, 0.29) is 5.56 Å². The van der Waals surface area contributed by atoms with Gasteiger partial charge in [0.25, 0.3) is 0 Å². The number of aliphatic hydroxyl groups is 1. The number of pyridine rings is 1. The van der Waals surface area contributed by atoms with Gasteiger partial charge in [-0.3, -0.25) is 0 Å². The summed E-state index contributed by atoms with van der Waals surface area (Å²) < 4.78 is 26.7. The first-order valence-electron chi connectivity index (χ1n) is 6.55. The van der Waals surface area contributed by atoms with E-state index in [0.29, 0.717) is 5.69 Å². The van der Waals surface area contributed by atoms with Crippen molar-refractivity contribution >= 4 is 10.9 Å². The van der Waals surface area contributed by atoms with Crippen molar-refractivity contribution < 1.29 is 13.9 Å². The Bertz CT molecular complexity index is 817. The Morgan fingerprint density at radius 3 is 2.57 bits per heavy atom. The van der Waals surface area contributed by atoms with Gasteiger partial charge in [-0.2, -0.15) is 0 Å². The molecule has 3 aromatic rings. The molecule has 2 nitrogen and oxygen atoms in total. The van der Waals surface area contributed by atoms with Crippen LogP contribution in [0.5, 0.6) is 0 Å². The minimum Gasteiger partial charge on any atom is -0.382 e. The van der Waals surface area contributed by atoms with E-state index in [1.165, 1.54) is 6.07 Å². The van der Waals surface area contributed by atoms with Crippen molar-refractivity contribution in [2.45, 2.75) is 13.0 Å². The Morgan fingerprint density at radius 1 is 1.05 bits per heavy atom. The minimum atomic E-state index is -1.23. The summed E-state index contributed by atoms with van der Waals surface area (Å²) in [4.78, 5) is 4.37. The first-order valence-corrected chi connectivity index (χ1v) is 6.55. The zero-order valence-corrected chi connectivity index (χ0v) is 11.3. The third-order valence-electron chi connectivity index (χ3n) is 3.48. The summed E-state index contributed by atoms with van der Waals surface area (Å²) in [7, 11) is 0. The van der Waals surface area contributed by atoms with Gasteiger partial charge in [-0.25, -0.2) is 13.8 Å². The van der Waals surface area contributed by atoms with Crippen LogP contribution in [0.4, 0.5) is 8.78 Å². The molecule has 1 aromatic heterocycles. The summed E-state index contributed by atoms with van der Waals surface area (Å²) in [5.41, 5.74) is 2.03. The zero-order chi connectivity index (χ0) is 15.0. The molecular formula is C17H13F2NO. The number of rotatable bonds is 2. The third-order valence-corrected chi connectivity index (χ3v) is 3.48. The lowest BCUT2D eigenvalue weighted by Gasteiger charge is -2.13. The van der Waals surface area contributed by atoms with Gasteiger partial charge in [0.05, 0.1) is 11.2 Å². The van der Waals surface area contributed by atoms with Gasteiger partial charge in [0.1, 0.15) is 17.7 Å². The molecule has 0 saturated carbocycles. The highest BCUT2D eigenvalue weighted by Gasteiger charge is 2.18. The predicted molar refractivity (Wildman–Crippen MR) is 76.9 cm³/mol. The Morgan fingerprint density at radius 2 is 1.81 bits per heavy atom. The van der Waals surface area contributed by atoms with Crippen molar-refractivity contribution in [2.75, 3.05) is 0 Å². The number of para-hydroxylation sites is 1. The van der Waals surface area contributed by atoms with Crippen LogP contribution in [0.1, 0.15) is 22.9 Å². The molecule has 3 rings (SSSR count). The normalized spacial score (nSPS) is 12.6. The highest BCUT2D eigenvalue weighted by molar-refractivity contribution is 5.82. The second kappa shape index (κ2) is 5.22. The first-order chi connectivity index (χ1) is 10.1. The van der Waals surface area contributed by atoms with Gasteiger partial charge < -0.3 is 5.11 Å². The Hall–Kier alpha value is -2.33. The zero-order valence-electron chi connectivity index (χ0n) is 11.3. The predicted octanol–water partition coefficient (Wildman–Crippen LogP) is 3.90. The molecule has 0 spiro atoms. The average molecular weight is 285 g/mol. The molecule has 0 aliphatic rings. The summed E-state index contributed by atoms with van der Waals surface area (Å²) in [6, 6.07) is 12.4. The molecule has 106 valence electrons. The lowest BCUT2D eigenvalue weighted by Crippen LogP contribution is -2.06. The number of fused-ring (bicyclic) bond motifs is 1. The fourth-order valence-corrected chi connectivity index (χ4v) is 2.40. The molecule has 1 N–H and O–H groups in total. The molecule has 0 fully saturated rings. The third kappa shape index (κ3) is 2.50. The number of aryl methyl sites for hydroxylation is 1. The van der Waals surface area contributed by atoms with Crippen molar-refractivity contribution in [3.8, 4) is 0 Å². The molecule has 0 saturated heterocycles. The largest absolute Gasteiger partial charge is 0.382 e. The van der Waals surface area contributed by atoms with Crippen LogP contribution in [0.2, 0.25) is 0 Å². The van der Waals surface area contributed by atoms with Gasteiger partial charge in [-0.15, -0.1) is 0 Å². The molecule has 1 atom stereocenters. The van der Waals surface area contributed by atoms with Gasteiger partial charge in [0, 0.05) is 17.0 Å². The van der Waals surface area contributed by atoms with Crippen molar-refractivity contribution in [2.24, 2.45) is 0 Å². The summed E-state index contributed by atoms with van der Waals surface area (Å²) in [6.45, 7) is 1.90. The quantitative estimate of drug-likeness (QED) is 0.774. The molecule has 1 heterocycles. The highest BCUT2D eigenvalue weighted by Crippen LogP contribution is 2.27. The lowest BCUT2D eigenvalue weighted by molar-refractivity contribution is 0.210. The monoisotopic (exact) mass is 285 g/mol. The van der Waals surface area contributed by atoms with Crippen LogP contribution < -0.4 is 0 Å². The fourth-order valence-electron chi connectivity index (χ4n) is 2.40. The molecule has 0 amide bonds. The van der Waals surface area contributed by atoms with Crippen LogP contribution in [0.15, 0.2) is 48.5 Å². The first kappa shape index (κ1) is 13.6. The summed E-state index contributed by atoms with van der Waals surface area (Å²) in [5.74, 6) is -1.46. The second-order valence-electron chi connectivity index (χ2n) is 4.95. The molecule has 0 radical (unpaired) electrons. The van der Waals surface area contributed by atoms with Crippen LogP contribution in [0, 0.1) is 18.6 Å². The summed E-state index contributed by atoms with van der Waals surface area (Å²) in [5, 5.41) is 11.3. The van der Waals surface area contributed by atoms with E-state index in [0.717, 1.165) is 28.6 Å². The van der Waals surface area contributed by atoms with Crippen molar-refractivity contribution in [3.63, 3.8) is 0 Å². The van der Waals surface area contributed by atoms with Crippen molar-refractivity contribution in [1.82, 2.24) is 4.98 Å². The smallest absolute Gasteiger partial charge is 0.132 e. The van der Waals surface area contributed by atoms with Crippen LogP contribution >= 0.6 is 0 Å². The van der Waals surface area contributed by atoms with Gasteiger partial charge in [-0.05, 0) is 30.7 Å². The summed E-state index contributed by atoms with van der Waals surface area (Å²) >= 11 is 0. The number of aromatic nitrogens is 1. The van der Waals surface area contributed by atoms with Gasteiger partial charge in [-0.1, -0.05) is 24.3 Å². The Balaban J connectivity index is 2.11. The minimum absolute atomic E-state index is 0.0126. The maximum atomic E-state index is 13.8. The fraction of sp³-hybridized carbons (Fsp3) is 0.118. The number of aliphatic hydroxyl groups excluding tert-OH is 1. The lowest BCUT2D eigenvalue weighted by atomic mass is 10.0. The average Bonchev–Trinajstić information content (AvgIpc) is 2.46. The SMILES string of the molecule is Cc1cc(C(O)c2ccc(F)cc2F)nc2ccccc12. The number of hydrogen-bond donors (Lipinski definition) is 1. The molecule has 1 unspecified atom stereocenters. The van der Waals surface area contributed by atoms with Crippen LogP contribution in [0.25, 0.3) is 10.9 Å². The van der Waals surface area contributed by atoms with E-state index < -0.39 is 17.7 Å². The highest BCUT2D eigenvalue weighted by atomic mass is 19.1. The van der Waals surface area contributed by atoms with Crippen molar-refractivity contribution in [1.29, 1.82) is 0 Å². The number of benzene rings is 2. The molecule has 0 aliphatic heterocycles. The summed E-state index contributed by atoms with van der Waals surface area (Å²) in [6.07, 6.45) is -1.23. The molecular weight excluding hydrogens is 272 g/mol. The van der Waals surface area contributed by atoms with Gasteiger partial charge in [0.2, 0.25) is 0 Å². The van der Waals surface area contributed by atoms with Gasteiger partial charge >= 0.3 is 0 Å². The van der Waals surface area contributed by atoms with E-state index in [9.17, 15) is 13.9 Å². The van der Waals surface area contributed by atoms with E-state index in [1.54, 1.807) is 6.07 Å². The molecule has 2 aromatic carbocycles. The Kier molecular flexibility index (Phi) is 3.39. The number of hydrogen-bond acceptors (Lipinski definition) is 2. The molecule has 0 bridgehead atoms. The Labute approximate surface area is 120 Å². The maximum Gasteiger partial charge on any atom is 0.132 e. The topological polar surface area (TPSA) is 33.1 Å². The van der Waals surface area contributed by atoms with E-state index in [2.05, 4.69) is 4.98 Å². The second-order valence-corrected chi connectivity index (χ2v) is 4.95. The van der Waals surface area contributed by atoms with Crippen LogP contribution in [-0.2, 0) is 0 Å². The van der Waals surface area contributed by atoms with E-state index in [1.807, 2.05) is 31.2 Å². The number of halogens is 2. The van der Waals surface area contributed by atoms with Gasteiger partial charge in [0.15, 0.2) is 0 Å². The molecule has 0 aliphatic carbocycles. The maximum absolute atomic E-state index is 13.8. The number of nitrogens with zero attached hydrogens (tertiary/aromatic N) is 1. The standard InChI is InChI=1S/C17H13F2NO/c1-10-8-16(20-15-5-3-2-4-12(10)15)17(21)13-7-6-11(18)9-14(13)19/h2-9,17,21H,1H3. The molecule has 21 heavy (non-hydrogen) atoms. The molecule has 4 heteroatoms.